The fourth-order valence-corrected chi connectivity index (χ4v) is 4.59. The third-order valence-corrected chi connectivity index (χ3v) is 6.00. The van der Waals surface area contributed by atoms with Gasteiger partial charge in [-0.2, -0.15) is 5.26 Å². The van der Waals surface area contributed by atoms with Gasteiger partial charge in [-0.1, -0.05) is 48.9 Å². The first-order valence-electron chi connectivity index (χ1n) is 10.0. The zero-order chi connectivity index (χ0) is 18.6. The molecule has 27 heavy (non-hydrogen) atoms. The maximum absolute atomic E-state index is 9.03. The highest BCUT2D eigenvalue weighted by molar-refractivity contribution is 5.85. The average molecular weight is 354 g/mol. The van der Waals surface area contributed by atoms with E-state index in [1.54, 1.807) is 0 Å². The zero-order valence-corrected chi connectivity index (χ0v) is 15.9. The summed E-state index contributed by atoms with van der Waals surface area (Å²) in [5.41, 5.74) is 3.47. The summed E-state index contributed by atoms with van der Waals surface area (Å²) in [6.07, 6.45) is 4.96. The van der Waals surface area contributed by atoms with E-state index in [-0.39, 0.29) is 0 Å². The fourth-order valence-electron chi connectivity index (χ4n) is 4.59. The molecule has 1 fully saturated rings. The van der Waals surface area contributed by atoms with Crippen LogP contribution in [-0.2, 0) is 0 Å². The SMILES string of the molecule is CCN(c1ccc2ccccc2c1)C1CCCC(c2ccc(C#N)cc2)C1. The normalized spacial score (nSPS) is 19.6. The summed E-state index contributed by atoms with van der Waals surface area (Å²) < 4.78 is 0. The molecule has 1 aliphatic rings. The lowest BCUT2D eigenvalue weighted by atomic mass is 9.80. The lowest BCUT2D eigenvalue weighted by Crippen LogP contribution is -2.38. The number of hydrogen-bond donors (Lipinski definition) is 0. The summed E-state index contributed by atoms with van der Waals surface area (Å²) >= 11 is 0. The van der Waals surface area contributed by atoms with Crippen molar-refractivity contribution in [3.63, 3.8) is 0 Å². The van der Waals surface area contributed by atoms with Crippen LogP contribution in [0.5, 0.6) is 0 Å². The average Bonchev–Trinajstić information content (AvgIpc) is 2.74. The molecule has 3 aromatic rings. The predicted molar refractivity (Wildman–Crippen MR) is 113 cm³/mol. The van der Waals surface area contributed by atoms with Crippen LogP contribution in [-0.4, -0.2) is 12.6 Å². The van der Waals surface area contributed by atoms with Gasteiger partial charge in [0, 0.05) is 18.3 Å². The summed E-state index contributed by atoms with van der Waals surface area (Å²) in [5, 5.41) is 11.6. The molecule has 0 amide bonds. The molecule has 136 valence electrons. The van der Waals surface area contributed by atoms with Crippen LogP contribution in [0.4, 0.5) is 5.69 Å². The monoisotopic (exact) mass is 354 g/mol. The Morgan fingerprint density at radius 1 is 0.963 bits per heavy atom. The number of fused-ring (bicyclic) bond motifs is 1. The van der Waals surface area contributed by atoms with E-state index in [0.29, 0.717) is 12.0 Å². The first-order chi connectivity index (χ1) is 13.3. The van der Waals surface area contributed by atoms with Crippen molar-refractivity contribution < 1.29 is 0 Å². The van der Waals surface area contributed by atoms with Crippen molar-refractivity contribution in [2.24, 2.45) is 0 Å². The van der Waals surface area contributed by atoms with Gasteiger partial charge in [0.25, 0.3) is 0 Å². The van der Waals surface area contributed by atoms with Crippen LogP contribution in [0.25, 0.3) is 10.8 Å². The highest BCUT2D eigenvalue weighted by Gasteiger charge is 2.27. The van der Waals surface area contributed by atoms with Crippen LogP contribution >= 0.6 is 0 Å². The highest BCUT2D eigenvalue weighted by atomic mass is 15.2. The molecule has 0 aliphatic heterocycles. The molecular formula is C25H26N2. The Bertz CT molecular complexity index is 952. The number of anilines is 1. The predicted octanol–water partition coefficient (Wildman–Crippen LogP) is 6.26. The molecule has 2 nitrogen and oxygen atoms in total. The van der Waals surface area contributed by atoms with Crippen LogP contribution in [0.2, 0.25) is 0 Å². The van der Waals surface area contributed by atoms with Gasteiger partial charge in [-0.05, 0) is 72.7 Å². The van der Waals surface area contributed by atoms with Crippen molar-refractivity contribution in [1.82, 2.24) is 0 Å². The summed E-state index contributed by atoms with van der Waals surface area (Å²) in [6, 6.07) is 26.5. The quantitative estimate of drug-likeness (QED) is 0.552. The molecule has 1 aliphatic carbocycles. The van der Waals surface area contributed by atoms with Gasteiger partial charge in [0.1, 0.15) is 0 Å². The van der Waals surface area contributed by atoms with Crippen LogP contribution in [0.3, 0.4) is 0 Å². The fraction of sp³-hybridized carbons (Fsp3) is 0.320. The second kappa shape index (κ2) is 7.84. The number of hydrogen-bond acceptors (Lipinski definition) is 2. The summed E-state index contributed by atoms with van der Waals surface area (Å²) in [5.74, 6) is 0.589. The first-order valence-corrected chi connectivity index (χ1v) is 10.0. The molecular weight excluding hydrogens is 328 g/mol. The van der Waals surface area contributed by atoms with E-state index in [1.807, 2.05) is 12.1 Å². The molecule has 2 heteroatoms. The smallest absolute Gasteiger partial charge is 0.0991 e. The van der Waals surface area contributed by atoms with Crippen molar-refractivity contribution in [3.05, 3.63) is 77.9 Å². The van der Waals surface area contributed by atoms with Gasteiger partial charge in [0.15, 0.2) is 0 Å². The highest BCUT2D eigenvalue weighted by Crippen LogP contribution is 2.37. The largest absolute Gasteiger partial charge is 0.369 e. The Morgan fingerprint density at radius 3 is 2.48 bits per heavy atom. The Kier molecular flexibility index (Phi) is 5.12. The zero-order valence-electron chi connectivity index (χ0n) is 15.9. The lowest BCUT2D eigenvalue weighted by Gasteiger charge is -2.39. The van der Waals surface area contributed by atoms with Gasteiger partial charge in [0.05, 0.1) is 11.6 Å². The van der Waals surface area contributed by atoms with E-state index in [0.717, 1.165) is 12.1 Å². The van der Waals surface area contributed by atoms with E-state index in [9.17, 15) is 0 Å². The maximum atomic E-state index is 9.03. The number of nitriles is 1. The molecule has 4 rings (SSSR count). The Labute approximate surface area is 162 Å². The standard InChI is InChI=1S/C25H26N2/c1-2-27(25-15-14-20-6-3-4-7-22(20)17-25)24-9-5-8-23(16-24)21-12-10-19(18-26)11-13-21/h3-4,6-7,10-15,17,23-24H,2,5,8-9,16H2,1H3. The molecule has 1 saturated carbocycles. The van der Waals surface area contributed by atoms with Crippen LogP contribution in [0.1, 0.15) is 49.7 Å². The van der Waals surface area contributed by atoms with Crippen molar-refractivity contribution in [2.45, 2.75) is 44.6 Å². The van der Waals surface area contributed by atoms with Gasteiger partial charge in [0.2, 0.25) is 0 Å². The summed E-state index contributed by atoms with van der Waals surface area (Å²) in [4.78, 5) is 2.59. The minimum atomic E-state index is 0.575. The van der Waals surface area contributed by atoms with Crippen molar-refractivity contribution >= 4 is 16.5 Å². The molecule has 0 N–H and O–H groups in total. The van der Waals surface area contributed by atoms with Crippen LogP contribution in [0, 0.1) is 11.3 Å². The molecule has 0 heterocycles. The number of nitrogens with zero attached hydrogens (tertiary/aromatic N) is 2. The molecule has 0 spiro atoms. The molecule has 0 radical (unpaired) electrons. The molecule has 0 aromatic heterocycles. The number of rotatable bonds is 4. The minimum Gasteiger partial charge on any atom is -0.369 e. The van der Waals surface area contributed by atoms with Crippen molar-refractivity contribution in [2.75, 3.05) is 11.4 Å². The lowest BCUT2D eigenvalue weighted by molar-refractivity contribution is 0.376. The van der Waals surface area contributed by atoms with Crippen molar-refractivity contribution in [3.8, 4) is 6.07 Å². The van der Waals surface area contributed by atoms with Crippen molar-refractivity contribution in [1.29, 1.82) is 5.26 Å². The molecule has 2 atom stereocenters. The minimum absolute atomic E-state index is 0.575. The second-order valence-corrected chi connectivity index (χ2v) is 7.57. The van der Waals surface area contributed by atoms with Crippen LogP contribution < -0.4 is 4.90 Å². The Balaban J connectivity index is 1.56. The topological polar surface area (TPSA) is 27.0 Å². The van der Waals surface area contributed by atoms with Gasteiger partial charge in [-0.3, -0.25) is 0 Å². The third kappa shape index (κ3) is 3.69. The van der Waals surface area contributed by atoms with E-state index in [2.05, 4.69) is 72.5 Å². The molecule has 2 unspecified atom stereocenters. The van der Waals surface area contributed by atoms with E-state index < -0.39 is 0 Å². The van der Waals surface area contributed by atoms with Gasteiger partial charge >= 0.3 is 0 Å². The Hall–Kier alpha value is -2.79. The van der Waals surface area contributed by atoms with E-state index in [1.165, 1.54) is 47.7 Å². The maximum Gasteiger partial charge on any atom is 0.0991 e. The third-order valence-electron chi connectivity index (χ3n) is 6.00. The van der Waals surface area contributed by atoms with Gasteiger partial charge in [-0.25, -0.2) is 0 Å². The van der Waals surface area contributed by atoms with Gasteiger partial charge in [-0.15, -0.1) is 0 Å². The summed E-state index contributed by atoms with van der Waals surface area (Å²) in [7, 11) is 0. The molecule has 0 bridgehead atoms. The molecule has 0 saturated heterocycles. The summed E-state index contributed by atoms with van der Waals surface area (Å²) in [6.45, 7) is 3.30. The van der Waals surface area contributed by atoms with E-state index in [4.69, 9.17) is 5.26 Å². The van der Waals surface area contributed by atoms with Crippen LogP contribution in [0.15, 0.2) is 66.7 Å². The second-order valence-electron chi connectivity index (χ2n) is 7.57. The number of benzene rings is 3. The molecule has 3 aromatic carbocycles. The first kappa shape index (κ1) is 17.6. The van der Waals surface area contributed by atoms with E-state index >= 15 is 0 Å². The van der Waals surface area contributed by atoms with Gasteiger partial charge < -0.3 is 4.90 Å². The Morgan fingerprint density at radius 2 is 1.74 bits per heavy atom.